The van der Waals surface area contributed by atoms with Crippen LogP contribution in [0.4, 0.5) is 4.39 Å². The van der Waals surface area contributed by atoms with Crippen molar-refractivity contribution >= 4 is 10.9 Å². The Labute approximate surface area is 154 Å². The Kier molecular flexibility index (Phi) is 5.94. The van der Waals surface area contributed by atoms with Crippen molar-refractivity contribution in [3.8, 4) is 5.75 Å². The average molecular weight is 354 g/mol. The van der Waals surface area contributed by atoms with Crippen molar-refractivity contribution in [2.75, 3.05) is 13.2 Å². The second kappa shape index (κ2) is 8.37. The number of aromatic nitrogens is 1. The maximum Gasteiger partial charge on any atom is 0.123 e. The number of fused-ring (bicyclic) bond motifs is 1. The number of ether oxygens (including phenoxy) is 1. The van der Waals surface area contributed by atoms with Crippen molar-refractivity contribution in [3.63, 3.8) is 0 Å². The first kappa shape index (κ1) is 18.5. The predicted octanol–water partition coefficient (Wildman–Crippen LogP) is 5.43. The molecule has 1 aromatic heterocycles. The zero-order valence-corrected chi connectivity index (χ0v) is 15.7. The minimum absolute atomic E-state index is 0.242. The monoisotopic (exact) mass is 354 g/mol. The third kappa shape index (κ3) is 4.25. The van der Waals surface area contributed by atoms with E-state index in [1.165, 1.54) is 39.9 Å². The molecule has 0 fully saturated rings. The van der Waals surface area contributed by atoms with Gasteiger partial charge in [-0.1, -0.05) is 18.6 Å². The standard InChI is InChI=1S/C22H27FN2O/c1-4-20(22-16(3)19-14-15(2)6-11-21(19)25-22)24-12-5-13-26-18-9-7-17(23)8-10-18/h6-11,14,20,24-25H,4-5,12-13H2,1-3H3. The largest absolute Gasteiger partial charge is 0.494 e. The molecule has 0 spiro atoms. The molecule has 3 rings (SSSR count). The molecule has 26 heavy (non-hydrogen) atoms. The van der Waals surface area contributed by atoms with Gasteiger partial charge in [-0.05, 0) is 75.2 Å². The van der Waals surface area contributed by atoms with E-state index in [1.54, 1.807) is 12.1 Å². The van der Waals surface area contributed by atoms with E-state index in [0.717, 1.165) is 19.4 Å². The summed E-state index contributed by atoms with van der Waals surface area (Å²) in [4.78, 5) is 3.58. The van der Waals surface area contributed by atoms with Gasteiger partial charge in [-0.2, -0.15) is 0 Å². The molecule has 3 aromatic rings. The Morgan fingerprint density at radius 3 is 2.62 bits per heavy atom. The van der Waals surface area contributed by atoms with Gasteiger partial charge in [-0.3, -0.25) is 0 Å². The van der Waals surface area contributed by atoms with Gasteiger partial charge in [0.2, 0.25) is 0 Å². The summed E-state index contributed by atoms with van der Waals surface area (Å²) in [6.07, 6.45) is 1.91. The van der Waals surface area contributed by atoms with Crippen LogP contribution in [0.15, 0.2) is 42.5 Å². The molecule has 0 bridgehead atoms. The highest BCUT2D eigenvalue weighted by atomic mass is 19.1. The second-order valence-corrected chi connectivity index (χ2v) is 6.78. The molecule has 0 saturated carbocycles. The van der Waals surface area contributed by atoms with Crippen LogP contribution in [-0.2, 0) is 0 Å². The lowest BCUT2D eigenvalue weighted by atomic mass is 10.0. The van der Waals surface area contributed by atoms with Crippen molar-refractivity contribution in [1.29, 1.82) is 0 Å². The maximum absolute atomic E-state index is 12.9. The second-order valence-electron chi connectivity index (χ2n) is 6.78. The van der Waals surface area contributed by atoms with E-state index in [4.69, 9.17) is 4.74 Å². The van der Waals surface area contributed by atoms with Crippen molar-refractivity contribution in [2.24, 2.45) is 0 Å². The number of rotatable bonds is 8. The first-order valence-electron chi connectivity index (χ1n) is 9.29. The lowest BCUT2D eigenvalue weighted by Gasteiger charge is -2.17. The lowest BCUT2D eigenvalue weighted by molar-refractivity contribution is 0.303. The first-order chi connectivity index (χ1) is 12.6. The average Bonchev–Trinajstić information content (AvgIpc) is 2.96. The van der Waals surface area contributed by atoms with Gasteiger partial charge in [0, 0.05) is 22.6 Å². The van der Waals surface area contributed by atoms with Crippen LogP contribution >= 0.6 is 0 Å². The number of aryl methyl sites for hydroxylation is 2. The fourth-order valence-corrected chi connectivity index (χ4v) is 3.33. The number of aromatic amines is 1. The number of H-pyrrole nitrogens is 1. The van der Waals surface area contributed by atoms with Gasteiger partial charge in [0.15, 0.2) is 0 Å². The molecule has 2 N–H and O–H groups in total. The van der Waals surface area contributed by atoms with Gasteiger partial charge in [-0.25, -0.2) is 4.39 Å². The molecule has 0 aliphatic rings. The van der Waals surface area contributed by atoms with Crippen LogP contribution in [0, 0.1) is 19.7 Å². The minimum atomic E-state index is -0.242. The van der Waals surface area contributed by atoms with E-state index in [2.05, 4.69) is 49.3 Å². The Hall–Kier alpha value is -2.33. The Morgan fingerprint density at radius 2 is 1.88 bits per heavy atom. The predicted molar refractivity (Wildman–Crippen MR) is 105 cm³/mol. The van der Waals surface area contributed by atoms with E-state index in [0.29, 0.717) is 18.4 Å². The van der Waals surface area contributed by atoms with Crippen LogP contribution in [0.5, 0.6) is 5.75 Å². The van der Waals surface area contributed by atoms with E-state index in [9.17, 15) is 4.39 Å². The Balaban J connectivity index is 1.54. The van der Waals surface area contributed by atoms with Gasteiger partial charge >= 0.3 is 0 Å². The molecule has 138 valence electrons. The zero-order chi connectivity index (χ0) is 18.5. The van der Waals surface area contributed by atoms with Crippen LogP contribution in [-0.4, -0.2) is 18.1 Å². The SMILES string of the molecule is CCC(NCCCOc1ccc(F)cc1)c1[nH]c2ccc(C)cc2c1C. The molecular weight excluding hydrogens is 327 g/mol. The lowest BCUT2D eigenvalue weighted by Crippen LogP contribution is -2.24. The molecule has 1 atom stereocenters. The highest BCUT2D eigenvalue weighted by Gasteiger charge is 2.15. The van der Waals surface area contributed by atoms with Crippen LogP contribution < -0.4 is 10.1 Å². The summed E-state index contributed by atoms with van der Waals surface area (Å²) < 4.78 is 18.5. The Bertz CT molecular complexity index is 854. The normalized spacial score (nSPS) is 12.5. The number of benzene rings is 2. The molecule has 0 amide bonds. The third-order valence-electron chi connectivity index (χ3n) is 4.80. The fourth-order valence-electron chi connectivity index (χ4n) is 3.33. The molecule has 0 aliphatic carbocycles. The summed E-state index contributed by atoms with van der Waals surface area (Å²) in [6.45, 7) is 7.99. The number of halogens is 1. The molecule has 1 heterocycles. The molecule has 0 aliphatic heterocycles. The Morgan fingerprint density at radius 1 is 1.12 bits per heavy atom. The topological polar surface area (TPSA) is 37.0 Å². The van der Waals surface area contributed by atoms with Crippen LogP contribution in [0.2, 0.25) is 0 Å². The number of nitrogens with one attached hydrogen (secondary N) is 2. The van der Waals surface area contributed by atoms with Gasteiger partial charge in [0.1, 0.15) is 11.6 Å². The molecule has 0 saturated heterocycles. The minimum Gasteiger partial charge on any atom is -0.494 e. The smallest absolute Gasteiger partial charge is 0.123 e. The summed E-state index contributed by atoms with van der Waals surface area (Å²) in [5.41, 5.74) is 5.08. The fraction of sp³-hybridized carbons (Fsp3) is 0.364. The van der Waals surface area contributed by atoms with Crippen LogP contribution in [0.25, 0.3) is 10.9 Å². The zero-order valence-electron chi connectivity index (χ0n) is 15.7. The molecular formula is C22H27FN2O. The molecule has 1 unspecified atom stereocenters. The van der Waals surface area contributed by atoms with E-state index >= 15 is 0 Å². The quantitative estimate of drug-likeness (QED) is 0.529. The summed E-state index contributed by atoms with van der Waals surface area (Å²) in [7, 11) is 0. The van der Waals surface area contributed by atoms with Gasteiger partial charge in [-0.15, -0.1) is 0 Å². The molecule has 2 aromatic carbocycles. The van der Waals surface area contributed by atoms with E-state index < -0.39 is 0 Å². The third-order valence-corrected chi connectivity index (χ3v) is 4.80. The number of hydrogen-bond donors (Lipinski definition) is 2. The van der Waals surface area contributed by atoms with Gasteiger partial charge in [0.05, 0.1) is 6.61 Å². The maximum atomic E-state index is 12.9. The van der Waals surface area contributed by atoms with E-state index in [1.807, 2.05) is 0 Å². The summed E-state index contributed by atoms with van der Waals surface area (Å²) in [6, 6.07) is 13.0. The van der Waals surface area contributed by atoms with Gasteiger partial charge in [0.25, 0.3) is 0 Å². The van der Waals surface area contributed by atoms with Crippen molar-refractivity contribution in [3.05, 3.63) is 65.1 Å². The van der Waals surface area contributed by atoms with E-state index in [-0.39, 0.29) is 5.82 Å². The summed E-state index contributed by atoms with van der Waals surface area (Å²) in [5, 5.41) is 4.93. The van der Waals surface area contributed by atoms with Gasteiger partial charge < -0.3 is 15.0 Å². The first-order valence-corrected chi connectivity index (χ1v) is 9.29. The highest BCUT2D eigenvalue weighted by Crippen LogP contribution is 2.28. The highest BCUT2D eigenvalue weighted by molar-refractivity contribution is 5.85. The van der Waals surface area contributed by atoms with Crippen molar-refractivity contribution in [2.45, 2.75) is 39.7 Å². The summed E-state index contributed by atoms with van der Waals surface area (Å²) in [5.74, 6) is 0.467. The van der Waals surface area contributed by atoms with Crippen LogP contribution in [0.3, 0.4) is 0 Å². The summed E-state index contributed by atoms with van der Waals surface area (Å²) >= 11 is 0. The molecule has 4 heteroatoms. The molecule has 0 radical (unpaired) electrons. The van der Waals surface area contributed by atoms with Crippen molar-refractivity contribution in [1.82, 2.24) is 10.3 Å². The molecule has 3 nitrogen and oxygen atoms in total. The van der Waals surface area contributed by atoms with Crippen molar-refractivity contribution < 1.29 is 9.13 Å². The van der Waals surface area contributed by atoms with Crippen LogP contribution in [0.1, 0.15) is 42.6 Å². The number of hydrogen-bond acceptors (Lipinski definition) is 2.